The number of para-hydroxylation sites is 1. The third kappa shape index (κ3) is 5.20. The molecule has 158 valence electrons. The standard InChI is InChI=1S/C18H13F3N8O2/c19-18(20,21)9-30-12-7-6-10(8-23-12)15-25-14(29-31-15)13-26-16(22)28-17(27-13)24-11-4-2-1-3-5-11/h1-8H,9H2,(H3,22,24,26,27,28). The van der Waals surface area contributed by atoms with Crippen LogP contribution in [0.2, 0.25) is 0 Å². The number of aromatic nitrogens is 6. The summed E-state index contributed by atoms with van der Waals surface area (Å²) in [7, 11) is 0. The smallest absolute Gasteiger partial charge is 0.422 e. The van der Waals surface area contributed by atoms with Gasteiger partial charge in [-0.1, -0.05) is 23.4 Å². The fourth-order valence-corrected chi connectivity index (χ4v) is 2.38. The van der Waals surface area contributed by atoms with E-state index in [9.17, 15) is 13.2 Å². The Bertz CT molecular complexity index is 1170. The van der Waals surface area contributed by atoms with E-state index in [1.807, 2.05) is 30.3 Å². The van der Waals surface area contributed by atoms with Crippen LogP contribution in [0, 0.1) is 0 Å². The van der Waals surface area contributed by atoms with Gasteiger partial charge in [0.25, 0.3) is 5.89 Å². The Morgan fingerprint density at radius 2 is 1.77 bits per heavy atom. The van der Waals surface area contributed by atoms with Gasteiger partial charge in [0.2, 0.25) is 29.4 Å². The minimum absolute atomic E-state index is 0.0395. The second kappa shape index (κ2) is 8.22. The van der Waals surface area contributed by atoms with E-state index in [-0.39, 0.29) is 35.3 Å². The zero-order valence-corrected chi connectivity index (χ0v) is 15.5. The highest BCUT2D eigenvalue weighted by Crippen LogP contribution is 2.23. The first-order chi connectivity index (χ1) is 14.9. The Balaban J connectivity index is 1.52. The van der Waals surface area contributed by atoms with Crippen molar-refractivity contribution < 1.29 is 22.4 Å². The molecule has 0 fully saturated rings. The van der Waals surface area contributed by atoms with Crippen LogP contribution in [0.1, 0.15) is 0 Å². The molecule has 0 aliphatic heterocycles. The fraction of sp³-hybridized carbons (Fsp3) is 0.111. The minimum atomic E-state index is -4.46. The topological polar surface area (TPSA) is 138 Å². The number of nitrogen functional groups attached to an aromatic ring is 1. The zero-order chi connectivity index (χ0) is 21.8. The number of anilines is 3. The van der Waals surface area contributed by atoms with Crippen LogP contribution in [0.5, 0.6) is 5.88 Å². The molecule has 0 bridgehead atoms. The average Bonchev–Trinajstić information content (AvgIpc) is 3.23. The second-order valence-corrected chi connectivity index (χ2v) is 6.04. The van der Waals surface area contributed by atoms with E-state index >= 15 is 0 Å². The van der Waals surface area contributed by atoms with Crippen molar-refractivity contribution in [2.24, 2.45) is 0 Å². The average molecular weight is 430 g/mol. The maximum absolute atomic E-state index is 12.2. The Labute approximate surface area is 172 Å². The molecule has 0 unspecified atom stereocenters. The number of hydrogen-bond acceptors (Lipinski definition) is 10. The Morgan fingerprint density at radius 1 is 0.968 bits per heavy atom. The maximum atomic E-state index is 12.2. The lowest BCUT2D eigenvalue weighted by atomic mass is 10.3. The van der Waals surface area contributed by atoms with Crippen LogP contribution in [-0.4, -0.2) is 42.9 Å². The van der Waals surface area contributed by atoms with E-state index in [0.29, 0.717) is 5.56 Å². The van der Waals surface area contributed by atoms with Crippen LogP contribution >= 0.6 is 0 Å². The van der Waals surface area contributed by atoms with Gasteiger partial charge in [-0.15, -0.1) is 0 Å². The molecular formula is C18H13F3N8O2. The van der Waals surface area contributed by atoms with Crippen molar-refractivity contribution in [2.75, 3.05) is 17.7 Å². The number of benzene rings is 1. The Hall–Kier alpha value is -4.29. The van der Waals surface area contributed by atoms with E-state index < -0.39 is 12.8 Å². The highest BCUT2D eigenvalue weighted by atomic mass is 19.4. The van der Waals surface area contributed by atoms with Gasteiger partial charge in [0.15, 0.2) is 6.61 Å². The van der Waals surface area contributed by atoms with Crippen molar-refractivity contribution in [2.45, 2.75) is 6.18 Å². The molecule has 0 spiro atoms. The van der Waals surface area contributed by atoms with Gasteiger partial charge in [-0.25, -0.2) is 4.98 Å². The molecule has 3 heterocycles. The van der Waals surface area contributed by atoms with Gasteiger partial charge < -0.3 is 20.3 Å². The molecule has 10 nitrogen and oxygen atoms in total. The van der Waals surface area contributed by atoms with Crippen LogP contribution in [0.3, 0.4) is 0 Å². The van der Waals surface area contributed by atoms with Gasteiger partial charge in [-0.2, -0.15) is 33.1 Å². The van der Waals surface area contributed by atoms with E-state index in [1.54, 1.807) is 0 Å². The number of hydrogen-bond donors (Lipinski definition) is 2. The van der Waals surface area contributed by atoms with Crippen molar-refractivity contribution in [3.8, 4) is 29.0 Å². The maximum Gasteiger partial charge on any atom is 0.422 e. The number of halogens is 3. The van der Waals surface area contributed by atoms with Crippen molar-refractivity contribution in [1.82, 2.24) is 30.1 Å². The van der Waals surface area contributed by atoms with Gasteiger partial charge in [0, 0.05) is 18.0 Å². The summed E-state index contributed by atoms with van der Waals surface area (Å²) in [5.41, 5.74) is 6.86. The first-order valence-corrected chi connectivity index (χ1v) is 8.69. The summed E-state index contributed by atoms with van der Waals surface area (Å²) in [4.78, 5) is 20.2. The number of ether oxygens (including phenoxy) is 1. The first-order valence-electron chi connectivity index (χ1n) is 8.69. The summed E-state index contributed by atoms with van der Waals surface area (Å²) in [6.45, 7) is -1.44. The number of pyridine rings is 1. The molecule has 4 rings (SSSR count). The molecule has 4 aromatic rings. The molecule has 0 amide bonds. The van der Waals surface area contributed by atoms with E-state index in [2.05, 4.69) is 40.1 Å². The molecule has 3 N–H and O–H groups in total. The molecule has 0 atom stereocenters. The molecule has 0 aliphatic carbocycles. The highest BCUT2D eigenvalue weighted by molar-refractivity contribution is 5.58. The molecule has 0 saturated carbocycles. The van der Waals surface area contributed by atoms with Gasteiger partial charge in [0.05, 0.1) is 5.56 Å². The molecule has 31 heavy (non-hydrogen) atoms. The summed E-state index contributed by atoms with van der Waals surface area (Å²) < 4.78 is 46.4. The number of alkyl halides is 3. The quantitative estimate of drug-likeness (QED) is 0.469. The van der Waals surface area contributed by atoms with E-state index in [1.165, 1.54) is 18.3 Å². The van der Waals surface area contributed by atoms with Gasteiger partial charge in [-0.3, -0.25) is 0 Å². The van der Waals surface area contributed by atoms with E-state index in [4.69, 9.17) is 10.3 Å². The Kier molecular flexibility index (Phi) is 5.30. The zero-order valence-electron chi connectivity index (χ0n) is 15.5. The van der Waals surface area contributed by atoms with Gasteiger partial charge in [-0.05, 0) is 18.2 Å². The fourth-order valence-electron chi connectivity index (χ4n) is 2.38. The third-order valence-corrected chi connectivity index (χ3v) is 3.68. The van der Waals surface area contributed by atoms with Gasteiger partial charge >= 0.3 is 6.18 Å². The van der Waals surface area contributed by atoms with Crippen molar-refractivity contribution in [3.63, 3.8) is 0 Å². The molecule has 13 heteroatoms. The highest BCUT2D eigenvalue weighted by Gasteiger charge is 2.28. The van der Waals surface area contributed by atoms with E-state index in [0.717, 1.165) is 5.69 Å². The van der Waals surface area contributed by atoms with Crippen LogP contribution in [0.4, 0.5) is 30.8 Å². The molecule has 1 aromatic carbocycles. The summed E-state index contributed by atoms with van der Waals surface area (Å²) in [6, 6.07) is 11.9. The summed E-state index contributed by atoms with van der Waals surface area (Å²) in [5.74, 6) is 0.108. The minimum Gasteiger partial charge on any atom is -0.468 e. The number of nitrogens with zero attached hydrogens (tertiary/aromatic N) is 6. The number of nitrogens with two attached hydrogens (primary N) is 1. The van der Waals surface area contributed by atoms with Gasteiger partial charge in [0.1, 0.15) is 0 Å². The monoisotopic (exact) mass is 430 g/mol. The molecule has 0 aliphatic rings. The van der Waals surface area contributed by atoms with Crippen LogP contribution < -0.4 is 15.8 Å². The lowest BCUT2D eigenvalue weighted by molar-refractivity contribution is -0.154. The van der Waals surface area contributed by atoms with Crippen LogP contribution in [0.25, 0.3) is 23.1 Å². The summed E-state index contributed by atoms with van der Waals surface area (Å²) in [6.07, 6.45) is -3.21. The predicted octanol–water partition coefficient (Wildman–Crippen LogP) is 3.25. The van der Waals surface area contributed by atoms with Crippen LogP contribution in [-0.2, 0) is 0 Å². The molecule has 3 aromatic heterocycles. The third-order valence-electron chi connectivity index (χ3n) is 3.68. The second-order valence-electron chi connectivity index (χ2n) is 6.04. The Morgan fingerprint density at radius 3 is 2.48 bits per heavy atom. The molecule has 0 saturated heterocycles. The lowest BCUT2D eigenvalue weighted by Crippen LogP contribution is -2.19. The van der Waals surface area contributed by atoms with Crippen molar-refractivity contribution in [3.05, 3.63) is 48.7 Å². The predicted molar refractivity (Wildman–Crippen MR) is 102 cm³/mol. The van der Waals surface area contributed by atoms with Crippen molar-refractivity contribution in [1.29, 1.82) is 0 Å². The number of rotatable bonds is 6. The van der Waals surface area contributed by atoms with Crippen molar-refractivity contribution >= 4 is 17.6 Å². The summed E-state index contributed by atoms with van der Waals surface area (Å²) >= 11 is 0. The molecular weight excluding hydrogens is 417 g/mol. The lowest BCUT2D eigenvalue weighted by Gasteiger charge is -2.07. The molecule has 0 radical (unpaired) electrons. The number of nitrogens with one attached hydrogen (secondary N) is 1. The first kappa shape index (κ1) is 20.0. The largest absolute Gasteiger partial charge is 0.468 e. The SMILES string of the molecule is Nc1nc(Nc2ccccc2)nc(-c2noc(-c3ccc(OCC(F)(F)F)nc3)n2)n1. The summed E-state index contributed by atoms with van der Waals surface area (Å²) in [5, 5.41) is 6.80. The van der Waals surface area contributed by atoms with Crippen LogP contribution in [0.15, 0.2) is 53.2 Å². The normalized spacial score (nSPS) is 11.3.